The number of aromatic nitrogens is 1. The van der Waals surface area contributed by atoms with Crippen molar-refractivity contribution in [1.82, 2.24) is 4.98 Å². The van der Waals surface area contributed by atoms with Crippen LogP contribution in [0.3, 0.4) is 0 Å². The van der Waals surface area contributed by atoms with Gasteiger partial charge in [-0.05, 0) is 12.1 Å². The molecule has 1 aromatic rings. The molecular formula is C8H15N. The topological polar surface area (TPSA) is 12.9 Å². The molecule has 1 aromatic heterocycles. The summed E-state index contributed by atoms with van der Waals surface area (Å²) in [5.41, 5.74) is 0. The minimum atomic E-state index is 0. The highest BCUT2D eigenvalue weighted by Crippen LogP contribution is 1.73. The molecule has 0 aliphatic heterocycles. The molecule has 0 aliphatic rings. The second-order valence-corrected chi connectivity index (χ2v) is 1.02. The Balaban J connectivity index is 0. The van der Waals surface area contributed by atoms with Crippen LogP contribution in [-0.2, 0) is 0 Å². The van der Waals surface area contributed by atoms with Crippen LogP contribution in [-0.4, -0.2) is 4.98 Å². The average Bonchev–Trinajstić information content (AvgIpc) is 1.96. The quantitative estimate of drug-likeness (QED) is 0.519. The fraction of sp³-hybridized carbons (Fsp3) is 0.375. The zero-order chi connectivity index (χ0) is 6.24. The zero-order valence-corrected chi connectivity index (χ0v) is 5.33. The van der Waals surface area contributed by atoms with Gasteiger partial charge in [0.1, 0.15) is 0 Å². The molecule has 0 spiro atoms. The van der Waals surface area contributed by atoms with Gasteiger partial charge in [0.2, 0.25) is 0 Å². The molecule has 0 saturated carbocycles. The molecule has 0 aliphatic carbocycles. The monoisotopic (exact) mass is 125 g/mol. The third-order valence-corrected chi connectivity index (χ3v) is 0.566. The van der Waals surface area contributed by atoms with Crippen molar-refractivity contribution in [1.29, 1.82) is 0 Å². The van der Waals surface area contributed by atoms with E-state index in [9.17, 15) is 0 Å². The molecule has 0 N–H and O–H groups in total. The van der Waals surface area contributed by atoms with Crippen LogP contribution in [0.5, 0.6) is 0 Å². The number of nitrogens with zero attached hydrogens (tertiary/aromatic N) is 1. The van der Waals surface area contributed by atoms with Crippen molar-refractivity contribution in [3.05, 3.63) is 30.6 Å². The van der Waals surface area contributed by atoms with Gasteiger partial charge in [-0.2, -0.15) is 0 Å². The molecule has 0 atom stereocenters. The van der Waals surface area contributed by atoms with Crippen LogP contribution in [0.4, 0.5) is 0 Å². The summed E-state index contributed by atoms with van der Waals surface area (Å²) in [6.07, 6.45) is 3.50. The van der Waals surface area contributed by atoms with E-state index in [4.69, 9.17) is 0 Å². The van der Waals surface area contributed by atoms with E-state index in [2.05, 4.69) is 4.98 Å². The first-order chi connectivity index (χ1) is 4.00. The molecule has 0 radical (unpaired) electrons. The van der Waals surface area contributed by atoms with E-state index in [1.165, 1.54) is 0 Å². The summed E-state index contributed by atoms with van der Waals surface area (Å²) in [7, 11) is 0. The lowest BCUT2D eigenvalue weighted by Crippen LogP contribution is -1.58. The molecule has 0 saturated heterocycles. The molecule has 1 nitrogen and oxygen atoms in total. The molecule has 0 fully saturated rings. The van der Waals surface area contributed by atoms with Crippen LogP contribution in [0.25, 0.3) is 0 Å². The van der Waals surface area contributed by atoms with E-state index in [1.54, 1.807) is 12.4 Å². The summed E-state index contributed by atoms with van der Waals surface area (Å²) >= 11 is 0. The normalized spacial score (nSPS) is 6.00. The van der Waals surface area contributed by atoms with Crippen molar-refractivity contribution >= 4 is 0 Å². The maximum Gasteiger partial charge on any atom is 0.0267 e. The van der Waals surface area contributed by atoms with Gasteiger partial charge < -0.3 is 0 Å². The Bertz CT molecular complexity index is 76.5. The highest BCUT2D eigenvalue weighted by molar-refractivity contribution is 4.88. The molecule has 9 heavy (non-hydrogen) atoms. The number of rotatable bonds is 0. The van der Waals surface area contributed by atoms with E-state index >= 15 is 0 Å². The Labute approximate surface area is 57.8 Å². The highest BCUT2D eigenvalue weighted by atomic mass is 14.6. The van der Waals surface area contributed by atoms with Crippen molar-refractivity contribution in [2.45, 2.75) is 21.3 Å². The number of pyridine rings is 1. The van der Waals surface area contributed by atoms with Gasteiger partial charge in [-0.25, -0.2) is 0 Å². The molecule has 1 heteroatoms. The lowest BCUT2D eigenvalue weighted by atomic mass is 10.5. The van der Waals surface area contributed by atoms with E-state index in [-0.39, 0.29) is 7.43 Å². The van der Waals surface area contributed by atoms with Gasteiger partial charge in [-0.1, -0.05) is 27.3 Å². The molecule has 0 aromatic carbocycles. The van der Waals surface area contributed by atoms with Crippen LogP contribution >= 0.6 is 0 Å². The molecule has 0 amide bonds. The van der Waals surface area contributed by atoms with E-state index in [1.807, 2.05) is 32.0 Å². The smallest absolute Gasteiger partial charge is 0.0267 e. The van der Waals surface area contributed by atoms with Gasteiger partial charge in [-0.3, -0.25) is 4.98 Å². The van der Waals surface area contributed by atoms with Gasteiger partial charge in [0.05, 0.1) is 0 Å². The van der Waals surface area contributed by atoms with Gasteiger partial charge in [0.25, 0.3) is 0 Å². The van der Waals surface area contributed by atoms with E-state index < -0.39 is 0 Å². The SMILES string of the molecule is C.CC.c1ccncc1. The van der Waals surface area contributed by atoms with Crippen molar-refractivity contribution < 1.29 is 0 Å². The molecule has 1 heterocycles. The zero-order valence-electron chi connectivity index (χ0n) is 5.33. The summed E-state index contributed by atoms with van der Waals surface area (Å²) in [5, 5.41) is 0. The second kappa shape index (κ2) is 10.2. The Morgan fingerprint density at radius 1 is 0.889 bits per heavy atom. The van der Waals surface area contributed by atoms with Crippen molar-refractivity contribution in [2.75, 3.05) is 0 Å². The highest BCUT2D eigenvalue weighted by Gasteiger charge is 1.58. The predicted octanol–water partition coefficient (Wildman–Crippen LogP) is 2.74. The maximum atomic E-state index is 3.78. The Morgan fingerprint density at radius 3 is 1.44 bits per heavy atom. The van der Waals surface area contributed by atoms with Crippen molar-refractivity contribution in [3.63, 3.8) is 0 Å². The summed E-state index contributed by atoms with van der Waals surface area (Å²) in [5.74, 6) is 0. The molecule has 0 bridgehead atoms. The van der Waals surface area contributed by atoms with Gasteiger partial charge in [0.15, 0.2) is 0 Å². The predicted molar refractivity (Wildman–Crippen MR) is 42.3 cm³/mol. The third kappa shape index (κ3) is 7.15. The minimum Gasteiger partial charge on any atom is -0.265 e. The molecule has 1 rings (SSSR count). The van der Waals surface area contributed by atoms with Crippen molar-refractivity contribution in [2.24, 2.45) is 0 Å². The lowest BCUT2D eigenvalue weighted by molar-refractivity contribution is 1.33. The maximum absolute atomic E-state index is 3.78. The largest absolute Gasteiger partial charge is 0.265 e. The summed E-state index contributed by atoms with van der Waals surface area (Å²) in [6, 6.07) is 5.72. The van der Waals surface area contributed by atoms with Crippen LogP contribution in [0, 0.1) is 0 Å². The summed E-state index contributed by atoms with van der Waals surface area (Å²) < 4.78 is 0. The van der Waals surface area contributed by atoms with E-state index in [0.29, 0.717) is 0 Å². The lowest BCUT2D eigenvalue weighted by Gasteiger charge is -1.70. The van der Waals surface area contributed by atoms with Crippen LogP contribution < -0.4 is 0 Å². The van der Waals surface area contributed by atoms with Crippen LogP contribution in [0.15, 0.2) is 30.6 Å². The van der Waals surface area contributed by atoms with Crippen molar-refractivity contribution in [3.8, 4) is 0 Å². The molecular weight excluding hydrogens is 110 g/mol. The van der Waals surface area contributed by atoms with E-state index in [0.717, 1.165) is 0 Å². The first-order valence-electron chi connectivity index (χ1n) is 2.85. The van der Waals surface area contributed by atoms with Crippen LogP contribution in [0.2, 0.25) is 0 Å². The van der Waals surface area contributed by atoms with Gasteiger partial charge >= 0.3 is 0 Å². The fourth-order valence-electron chi connectivity index (χ4n) is 0.313. The summed E-state index contributed by atoms with van der Waals surface area (Å²) in [4.78, 5) is 3.78. The van der Waals surface area contributed by atoms with Gasteiger partial charge in [-0.15, -0.1) is 0 Å². The fourth-order valence-corrected chi connectivity index (χ4v) is 0.313. The standard InChI is InChI=1S/C5H5N.C2H6.CH4/c1-2-4-6-5-3-1;1-2;/h1-5H;1-2H3;1H4. The number of hydrogen-bond donors (Lipinski definition) is 0. The minimum absolute atomic E-state index is 0. The summed E-state index contributed by atoms with van der Waals surface area (Å²) in [6.45, 7) is 4.00. The average molecular weight is 125 g/mol. The second-order valence-electron chi connectivity index (χ2n) is 1.02. The van der Waals surface area contributed by atoms with Gasteiger partial charge in [0, 0.05) is 12.4 Å². The molecule has 0 unspecified atom stereocenters. The first kappa shape index (κ1) is 11.0. The Hall–Kier alpha value is -0.850. The first-order valence-corrected chi connectivity index (χ1v) is 2.85. The Kier molecular flexibility index (Phi) is 12.5. The Morgan fingerprint density at radius 2 is 1.33 bits per heavy atom. The van der Waals surface area contributed by atoms with Crippen LogP contribution in [0.1, 0.15) is 21.3 Å². The number of hydrogen-bond acceptors (Lipinski definition) is 1. The third-order valence-electron chi connectivity index (χ3n) is 0.566. The molecule has 52 valence electrons.